The number of ether oxygens (including phenoxy) is 1. The molecular weight excluding hydrogens is 244 g/mol. The summed E-state index contributed by atoms with van der Waals surface area (Å²) in [6.45, 7) is 0.635. The molecule has 2 aromatic carbocycles. The Kier molecular flexibility index (Phi) is 4.37. The van der Waals surface area contributed by atoms with Crippen LogP contribution in [0.5, 0.6) is 5.75 Å². The standard InChI is InChI=1S/C19H21O/c1-3-7-16(8-4-1)15-20-19-13-11-18(12-14-19)17-9-5-2-6-10-17/h1,3-4,7-9,11-14,17H,2,5-6,10,15H2. The highest BCUT2D eigenvalue weighted by Crippen LogP contribution is 2.32. The minimum absolute atomic E-state index is 0.635. The Morgan fingerprint density at radius 3 is 2.40 bits per heavy atom. The van der Waals surface area contributed by atoms with Gasteiger partial charge in [-0.3, -0.25) is 0 Å². The summed E-state index contributed by atoms with van der Waals surface area (Å²) in [6, 6.07) is 18.9. The number of hydrogen-bond donors (Lipinski definition) is 0. The third-order valence-electron chi connectivity index (χ3n) is 3.98. The highest BCUT2D eigenvalue weighted by atomic mass is 16.5. The molecule has 1 nitrogen and oxygen atoms in total. The monoisotopic (exact) mass is 265 g/mol. The maximum Gasteiger partial charge on any atom is 0.119 e. The lowest BCUT2D eigenvalue weighted by molar-refractivity contribution is 0.306. The van der Waals surface area contributed by atoms with Crippen LogP contribution in [0, 0.1) is 6.42 Å². The van der Waals surface area contributed by atoms with Crippen LogP contribution in [0.15, 0.2) is 54.6 Å². The van der Waals surface area contributed by atoms with Gasteiger partial charge in [0.2, 0.25) is 0 Å². The van der Waals surface area contributed by atoms with Crippen molar-refractivity contribution in [2.75, 3.05) is 0 Å². The average Bonchev–Trinajstić information content (AvgIpc) is 2.55. The van der Waals surface area contributed by atoms with Crippen LogP contribution in [-0.4, -0.2) is 0 Å². The molecule has 0 heterocycles. The summed E-state index contributed by atoms with van der Waals surface area (Å²) >= 11 is 0. The Labute approximate surface area is 121 Å². The summed E-state index contributed by atoms with van der Waals surface area (Å²) < 4.78 is 5.82. The van der Waals surface area contributed by atoms with Gasteiger partial charge in [-0.25, -0.2) is 0 Å². The van der Waals surface area contributed by atoms with Gasteiger partial charge in [0.05, 0.1) is 0 Å². The molecule has 0 saturated heterocycles. The van der Waals surface area contributed by atoms with Crippen molar-refractivity contribution in [1.82, 2.24) is 0 Å². The molecule has 1 aliphatic carbocycles. The summed E-state index contributed by atoms with van der Waals surface area (Å²) in [6.07, 6.45) is 7.73. The van der Waals surface area contributed by atoms with Crippen molar-refractivity contribution in [3.05, 3.63) is 72.1 Å². The Hall–Kier alpha value is -1.76. The van der Waals surface area contributed by atoms with Gasteiger partial charge in [-0.2, -0.15) is 0 Å². The van der Waals surface area contributed by atoms with Gasteiger partial charge in [0.25, 0.3) is 0 Å². The van der Waals surface area contributed by atoms with E-state index in [-0.39, 0.29) is 0 Å². The molecule has 0 spiro atoms. The van der Waals surface area contributed by atoms with Crippen LogP contribution in [-0.2, 0) is 6.61 Å². The molecule has 0 amide bonds. The van der Waals surface area contributed by atoms with Crippen LogP contribution in [0.2, 0.25) is 0 Å². The van der Waals surface area contributed by atoms with Crippen molar-refractivity contribution < 1.29 is 4.74 Å². The zero-order valence-corrected chi connectivity index (χ0v) is 11.8. The Bertz CT molecular complexity index is 509. The van der Waals surface area contributed by atoms with Gasteiger partial charge < -0.3 is 4.74 Å². The van der Waals surface area contributed by atoms with Crippen LogP contribution in [0.3, 0.4) is 0 Å². The summed E-state index contributed by atoms with van der Waals surface area (Å²) in [5.41, 5.74) is 2.63. The summed E-state index contributed by atoms with van der Waals surface area (Å²) in [4.78, 5) is 0. The van der Waals surface area contributed by atoms with Crippen LogP contribution < -0.4 is 4.74 Å². The van der Waals surface area contributed by atoms with E-state index in [4.69, 9.17) is 4.74 Å². The Morgan fingerprint density at radius 1 is 0.900 bits per heavy atom. The third-order valence-corrected chi connectivity index (χ3v) is 3.98. The lowest BCUT2D eigenvalue weighted by Crippen LogP contribution is -2.05. The van der Waals surface area contributed by atoms with E-state index in [2.05, 4.69) is 42.8 Å². The largest absolute Gasteiger partial charge is 0.489 e. The molecular formula is C19H21O. The first-order valence-corrected chi connectivity index (χ1v) is 7.52. The lowest BCUT2D eigenvalue weighted by atomic mass is 9.84. The maximum absolute atomic E-state index is 5.82. The average molecular weight is 265 g/mol. The quantitative estimate of drug-likeness (QED) is 0.745. The molecule has 1 saturated carbocycles. The molecule has 0 aromatic heterocycles. The SMILES string of the molecule is [CH]1CCCCC1c1ccc(OCc2ccccc2)cc1. The van der Waals surface area contributed by atoms with Gasteiger partial charge in [-0.05, 0) is 48.4 Å². The number of benzene rings is 2. The summed E-state index contributed by atoms with van der Waals surface area (Å²) in [5, 5.41) is 0. The molecule has 1 unspecified atom stereocenters. The number of hydrogen-bond acceptors (Lipinski definition) is 1. The van der Waals surface area contributed by atoms with Crippen LogP contribution in [0.1, 0.15) is 42.7 Å². The highest BCUT2D eigenvalue weighted by molar-refractivity contribution is 5.31. The fourth-order valence-electron chi connectivity index (χ4n) is 2.80. The van der Waals surface area contributed by atoms with Crippen molar-refractivity contribution >= 4 is 0 Å². The van der Waals surface area contributed by atoms with Gasteiger partial charge in [-0.15, -0.1) is 0 Å². The van der Waals surface area contributed by atoms with Crippen molar-refractivity contribution in [3.63, 3.8) is 0 Å². The van der Waals surface area contributed by atoms with Gasteiger partial charge >= 0.3 is 0 Å². The predicted octanol–water partition coefficient (Wildman–Crippen LogP) is 5.13. The van der Waals surface area contributed by atoms with E-state index in [0.29, 0.717) is 12.5 Å². The van der Waals surface area contributed by atoms with Crippen molar-refractivity contribution in [2.45, 2.75) is 38.2 Å². The molecule has 1 heteroatoms. The topological polar surface area (TPSA) is 9.23 Å². The summed E-state index contributed by atoms with van der Waals surface area (Å²) in [5.74, 6) is 1.60. The minimum Gasteiger partial charge on any atom is -0.489 e. The molecule has 20 heavy (non-hydrogen) atoms. The Balaban J connectivity index is 1.58. The molecule has 1 aliphatic rings. The van der Waals surface area contributed by atoms with E-state index in [9.17, 15) is 0 Å². The first-order valence-electron chi connectivity index (χ1n) is 7.52. The lowest BCUT2D eigenvalue weighted by Gasteiger charge is -2.21. The van der Waals surface area contributed by atoms with Gasteiger partial charge in [0, 0.05) is 0 Å². The van der Waals surface area contributed by atoms with E-state index < -0.39 is 0 Å². The molecule has 0 N–H and O–H groups in total. The second-order valence-corrected chi connectivity index (χ2v) is 5.47. The smallest absolute Gasteiger partial charge is 0.119 e. The van der Waals surface area contributed by atoms with Crippen LogP contribution in [0.25, 0.3) is 0 Å². The predicted molar refractivity (Wildman–Crippen MR) is 82.7 cm³/mol. The van der Waals surface area contributed by atoms with Crippen LogP contribution in [0.4, 0.5) is 0 Å². The second-order valence-electron chi connectivity index (χ2n) is 5.47. The van der Waals surface area contributed by atoms with E-state index in [1.807, 2.05) is 18.2 Å². The van der Waals surface area contributed by atoms with Crippen molar-refractivity contribution in [1.29, 1.82) is 0 Å². The van der Waals surface area contributed by atoms with Gasteiger partial charge in [0.1, 0.15) is 12.4 Å². The first kappa shape index (κ1) is 13.2. The van der Waals surface area contributed by atoms with Crippen LogP contribution >= 0.6 is 0 Å². The van der Waals surface area contributed by atoms with E-state index in [1.165, 1.54) is 36.8 Å². The fraction of sp³-hybridized carbons (Fsp3) is 0.316. The fourth-order valence-corrected chi connectivity index (χ4v) is 2.80. The molecule has 103 valence electrons. The van der Waals surface area contributed by atoms with Crippen molar-refractivity contribution in [3.8, 4) is 5.75 Å². The van der Waals surface area contributed by atoms with E-state index in [1.54, 1.807) is 0 Å². The van der Waals surface area contributed by atoms with Crippen molar-refractivity contribution in [2.24, 2.45) is 0 Å². The molecule has 0 aliphatic heterocycles. The molecule has 3 rings (SSSR count). The zero-order valence-electron chi connectivity index (χ0n) is 11.8. The first-order chi connectivity index (χ1) is 9.92. The Morgan fingerprint density at radius 2 is 1.70 bits per heavy atom. The highest BCUT2D eigenvalue weighted by Gasteiger charge is 2.15. The van der Waals surface area contributed by atoms with Gasteiger partial charge in [0.15, 0.2) is 0 Å². The maximum atomic E-state index is 5.82. The third kappa shape index (κ3) is 3.41. The molecule has 2 aromatic rings. The number of rotatable bonds is 4. The molecule has 1 fully saturated rings. The molecule has 0 bridgehead atoms. The van der Waals surface area contributed by atoms with Gasteiger partial charge in [-0.1, -0.05) is 55.3 Å². The summed E-state index contributed by atoms with van der Waals surface area (Å²) in [7, 11) is 0. The second kappa shape index (κ2) is 6.60. The van der Waals surface area contributed by atoms with E-state index in [0.717, 1.165) is 5.75 Å². The minimum atomic E-state index is 0.635. The molecule has 1 radical (unpaired) electrons. The zero-order chi connectivity index (χ0) is 13.6. The molecule has 1 atom stereocenters. The normalized spacial score (nSPS) is 16.0. The van der Waals surface area contributed by atoms with E-state index >= 15 is 0 Å².